The molecule has 9 heteroatoms. The first-order valence-electron chi connectivity index (χ1n) is 6.31. The van der Waals surface area contributed by atoms with Crippen molar-refractivity contribution in [2.24, 2.45) is 16.6 Å². The average Bonchev–Trinajstić information content (AvgIpc) is 2.77. The van der Waals surface area contributed by atoms with E-state index in [1.165, 1.54) is 20.4 Å². The maximum absolute atomic E-state index is 11.3. The van der Waals surface area contributed by atoms with Gasteiger partial charge in [0.2, 0.25) is 5.91 Å². The summed E-state index contributed by atoms with van der Waals surface area (Å²) in [5, 5.41) is 18.9. The van der Waals surface area contributed by atoms with Crippen molar-refractivity contribution in [3.8, 4) is 0 Å². The van der Waals surface area contributed by atoms with Crippen LogP contribution >= 0.6 is 0 Å². The molecule has 0 spiro atoms. The molecule has 0 aromatic carbocycles. The molecule has 5 unspecified atom stereocenters. The smallest absolute Gasteiger partial charge is 0.306 e. The molecular formula is C12H20N2O7. The van der Waals surface area contributed by atoms with Gasteiger partial charge in [-0.3, -0.25) is 14.6 Å². The Hall–Kier alpha value is -1.55. The van der Waals surface area contributed by atoms with Crippen LogP contribution in [-0.2, 0) is 23.8 Å². The van der Waals surface area contributed by atoms with Gasteiger partial charge in [0.25, 0.3) is 0 Å². The van der Waals surface area contributed by atoms with E-state index in [0.717, 1.165) is 0 Å². The number of ether oxygens (including phenoxy) is 3. The number of amides is 1. The van der Waals surface area contributed by atoms with E-state index in [4.69, 9.17) is 20.3 Å². The minimum atomic E-state index is -1.05. The van der Waals surface area contributed by atoms with E-state index in [1.54, 1.807) is 0 Å². The number of primary amides is 1. The number of hydrogen-bond donors (Lipinski definition) is 3. The highest BCUT2D eigenvalue weighted by Gasteiger charge is 2.43. The van der Waals surface area contributed by atoms with Crippen LogP contribution in [0.2, 0.25) is 0 Å². The highest BCUT2D eigenvalue weighted by Crippen LogP contribution is 2.24. The Morgan fingerprint density at radius 1 is 1.48 bits per heavy atom. The Labute approximate surface area is 121 Å². The molecule has 1 aliphatic rings. The Balaban J connectivity index is 2.76. The van der Waals surface area contributed by atoms with Gasteiger partial charge < -0.3 is 30.2 Å². The highest BCUT2D eigenvalue weighted by molar-refractivity contribution is 5.95. The first kappa shape index (κ1) is 17.5. The highest BCUT2D eigenvalue weighted by atomic mass is 16.6. The molecule has 120 valence electrons. The number of rotatable bonds is 7. The number of nitrogens with two attached hydrogens (primary N) is 1. The first-order chi connectivity index (χ1) is 9.94. The van der Waals surface area contributed by atoms with Crippen LogP contribution < -0.4 is 5.73 Å². The number of esters is 1. The molecule has 4 N–H and O–H groups in total. The fraction of sp³-hybridized carbons (Fsp3) is 0.750. The van der Waals surface area contributed by atoms with Gasteiger partial charge in [-0.1, -0.05) is 0 Å². The van der Waals surface area contributed by atoms with Crippen molar-refractivity contribution in [3.63, 3.8) is 0 Å². The molecule has 0 aromatic rings. The second-order valence-corrected chi connectivity index (χ2v) is 4.53. The number of nitrogens with zero attached hydrogens (tertiary/aromatic N) is 1. The van der Waals surface area contributed by atoms with Crippen LogP contribution in [0.1, 0.15) is 6.42 Å². The van der Waals surface area contributed by atoms with E-state index in [0.29, 0.717) is 0 Å². The quantitative estimate of drug-likeness (QED) is 0.358. The van der Waals surface area contributed by atoms with E-state index in [-0.39, 0.29) is 6.42 Å². The van der Waals surface area contributed by atoms with Gasteiger partial charge in [-0.2, -0.15) is 0 Å². The van der Waals surface area contributed by atoms with Gasteiger partial charge >= 0.3 is 5.97 Å². The number of methoxy groups -OCH3 is 2. The van der Waals surface area contributed by atoms with Crippen LogP contribution in [0.4, 0.5) is 0 Å². The molecule has 21 heavy (non-hydrogen) atoms. The third kappa shape index (κ3) is 4.46. The second kappa shape index (κ2) is 8.03. The van der Waals surface area contributed by atoms with Crippen LogP contribution in [0.25, 0.3) is 0 Å². The molecule has 0 aliphatic carbocycles. The number of aliphatic imine (C=N–C) groups is 1. The molecule has 1 fully saturated rings. The van der Waals surface area contributed by atoms with E-state index in [9.17, 15) is 14.7 Å². The largest absolute Gasteiger partial charge is 0.469 e. The standard InChI is InChI=1S/C12H20N2O7/c1-19-8(16)3-6(11(13)18)4-14-12-10(20-2)9(17)7(5-15)21-12/h4,6-7,9-10,12,15,17H,3,5H2,1-2H3,(H2,13,18). The molecular weight excluding hydrogens is 284 g/mol. The maximum Gasteiger partial charge on any atom is 0.306 e. The van der Waals surface area contributed by atoms with E-state index < -0.39 is 48.9 Å². The van der Waals surface area contributed by atoms with Crippen molar-refractivity contribution in [1.29, 1.82) is 0 Å². The second-order valence-electron chi connectivity index (χ2n) is 4.53. The summed E-state index contributed by atoms with van der Waals surface area (Å²) in [4.78, 5) is 26.4. The van der Waals surface area contributed by atoms with Crippen molar-refractivity contribution < 1.29 is 34.0 Å². The summed E-state index contributed by atoms with van der Waals surface area (Å²) in [5.74, 6) is -2.30. The molecule has 1 saturated heterocycles. The Morgan fingerprint density at radius 3 is 2.62 bits per heavy atom. The lowest BCUT2D eigenvalue weighted by Gasteiger charge is -2.15. The lowest BCUT2D eigenvalue weighted by Crippen LogP contribution is -2.35. The number of carbonyl (C=O) groups excluding carboxylic acids is 2. The zero-order chi connectivity index (χ0) is 16.0. The number of hydrogen-bond acceptors (Lipinski definition) is 8. The maximum atomic E-state index is 11.3. The van der Waals surface area contributed by atoms with Crippen molar-refractivity contribution >= 4 is 18.1 Å². The molecule has 0 aromatic heterocycles. The minimum absolute atomic E-state index is 0.244. The van der Waals surface area contributed by atoms with Gasteiger partial charge in [0.05, 0.1) is 26.1 Å². The van der Waals surface area contributed by atoms with Crippen LogP contribution in [0.15, 0.2) is 4.99 Å². The topological polar surface area (TPSA) is 141 Å². The minimum Gasteiger partial charge on any atom is -0.469 e. The molecule has 0 radical (unpaired) electrons. The summed E-state index contributed by atoms with van der Waals surface area (Å²) < 4.78 is 14.8. The van der Waals surface area contributed by atoms with Gasteiger partial charge in [0, 0.05) is 13.3 Å². The van der Waals surface area contributed by atoms with E-state index >= 15 is 0 Å². The summed E-state index contributed by atoms with van der Waals surface area (Å²) in [6.45, 7) is -0.394. The van der Waals surface area contributed by atoms with Crippen LogP contribution in [0.5, 0.6) is 0 Å². The average molecular weight is 304 g/mol. The van der Waals surface area contributed by atoms with E-state index in [1.807, 2.05) is 0 Å². The molecule has 0 saturated carbocycles. The van der Waals surface area contributed by atoms with Crippen molar-refractivity contribution in [2.75, 3.05) is 20.8 Å². The molecule has 1 rings (SSSR count). The number of aliphatic hydroxyl groups is 2. The summed E-state index contributed by atoms with van der Waals surface area (Å²) in [5.41, 5.74) is 5.17. The van der Waals surface area contributed by atoms with Gasteiger partial charge in [-0.25, -0.2) is 0 Å². The van der Waals surface area contributed by atoms with Crippen LogP contribution in [0, 0.1) is 5.92 Å². The SMILES string of the molecule is COC(=O)CC(C=NC1OC(CO)C(O)C1OC)C(N)=O. The molecule has 5 atom stereocenters. The first-order valence-corrected chi connectivity index (χ1v) is 6.31. The lowest BCUT2D eigenvalue weighted by molar-refractivity contribution is -0.142. The van der Waals surface area contributed by atoms with Gasteiger partial charge in [-0.05, 0) is 0 Å². The van der Waals surface area contributed by atoms with Gasteiger partial charge in [-0.15, -0.1) is 0 Å². The summed E-state index contributed by atoms with van der Waals surface area (Å²) in [7, 11) is 2.56. The number of carbonyl (C=O) groups is 2. The molecule has 1 heterocycles. The predicted octanol–water partition coefficient (Wildman–Crippen LogP) is -2.19. The fourth-order valence-corrected chi connectivity index (χ4v) is 1.92. The van der Waals surface area contributed by atoms with Crippen LogP contribution in [-0.4, -0.2) is 73.7 Å². The van der Waals surface area contributed by atoms with Crippen molar-refractivity contribution in [2.45, 2.75) is 31.0 Å². The van der Waals surface area contributed by atoms with Crippen LogP contribution in [0.3, 0.4) is 0 Å². The Morgan fingerprint density at radius 2 is 2.14 bits per heavy atom. The Bertz CT molecular complexity index is 401. The molecule has 0 bridgehead atoms. The number of aliphatic hydroxyl groups excluding tert-OH is 2. The fourth-order valence-electron chi connectivity index (χ4n) is 1.92. The van der Waals surface area contributed by atoms with Crippen molar-refractivity contribution in [1.82, 2.24) is 0 Å². The molecule has 1 aliphatic heterocycles. The summed E-state index contributed by atoms with van der Waals surface area (Å²) in [6, 6.07) is 0. The van der Waals surface area contributed by atoms with E-state index in [2.05, 4.69) is 9.73 Å². The Kier molecular flexibility index (Phi) is 6.69. The van der Waals surface area contributed by atoms with Gasteiger partial charge in [0.15, 0.2) is 6.23 Å². The third-order valence-corrected chi connectivity index (χ3v) is 3.16. The lowest BCUT2D eigenvalue weighted by atomic mass is 10.1. The molecule has 9 nitrogen and oxygen atoms in total. The zero-order valence-corrected chi connectivity index (χ0v) is 11.8. The third-order valence-electron chi connectivity index (χ3n) is 3.16. The normalized spacial score (nSPS) is 30.5. The van der Waals surface area contributed by atoms with Crippen molar-refractivity contribution in [3.05, 3.63) is 0 Å². The van der Waals surface area contributed by atoms with Gasteiger partial charge in [0.1, 0.15) is 18.3 Å². The monoisotopic (exact) mass is 304 g/mol. The zero-order valence-electron chi connectivity index (χ0n) is 11.8. The summed E-state index contributed by atoms with van der Waals surface area (Å²) in [6.07, 6.45) is -2.64. The predicted molar refractivity (Wildman–Crippen MR) is 70.4 cm³/mol. The molecule has 1 amide bonds. The summed E-state index contributed by atoms with van der Waals surface area (Å²) >= 11 is 0.